The Morgan fingerprint density at radius 2 is 2.05 bits per heavy atom. The van der Waals surface area contributed by atoms with Gasteiger partial charge >= 0.3 is 0 Å². The van der Waals surface area contributed by atoms with Crippen LogP contribution >= 0.6 is 0 Å². The molecule has 0 amide bonds. The number of hydrogen-bond donors (Lipinski definition) is 1. The van der Waals surface area contributed by atoms with Crippen LogP contribution in [0.1, 0.15) is 17.2 Å². The summed E-state index contributed by atoms with van der Waals surface area (Å²) in [4.78, 5) is 0. The lowest BCUT2D eigenvalue weighted by Crippen LogP contribution is -2.34. The lowest BCUT2D eigenvalue weighted by Gasteiger charge is -2.29. The van der Waals surface area contributed by atoms with E-state index in [1.807, 2.05) is 6.07 Å². The van der Waals surface area contributed by atoms with Gasteiger partial charge in [0.1, 0.15) is 13.2 Å². The Bertz CT molecular complexity index is 443. The topological polar surface area (TPSA) is 49.0 Å². The Labute approximate surface area is 112 Å². The SMILES string of the molecule is COCc1ccc(C2CNCCO2)c2c1OCCO2. The van der Waals surface area contributed by atoms with E-state index in [-0.39, 0.29) is 6.10 Å². The maximum Gasteiger partial charge on any atom is 0.167 e. The van der Waals surface area contributed by atoms with E-state index in [2.05, 4.69) is 11.4 Å². The monoisotopic (exact) mass is 265 g/mol. The van der Waals surface area contributed by atoms with Crippen LogP contribution in [0, 0.1) is 0 Å². The summed E-state index contributed by atoms with van der Waals surface area (Å²) in [5.41, 5.74) is 2.08. The molecule has 1 fully saturated rings. The normalized spacial score (nSPS) is 22.3. The largest absolute Gasteiger partial charge is 0.486 e. The Morgan fingerprint density at radius 1 is 1.21 bits per heavy atom. The summed E-state index contributed by atoms with van der Waals surface area (Å²) in [6, 6.07) is 4.09. The second-order valence-corrected chi connectivity index (χ2v) is 4.67. The van der Waals surface area contributed by atoms with Gasteiger partial charge in [-0.3, -0.25) is 0 Å². The highest BCUT2D eigenvalue weighted by molar-refractivity contribution is 5.53. The van der Waals surface area contributed by atoms with Gasteiger partial charge in [-0.1, -0.05) is 12.1 Å². The molecule has 0 bridgehead atoms. The quantitative estimate of drug-likeness (QED) is 0.891. The van der Waals surface area contributed by atoms with Crippen molar-refractivity contribution in [2.75, 3.05) is 40.0 Å². The van der Waals surface area contributed by atoms with E-state index in [1.54, 1.807) is 7.11 Å². The van der Waals surface area contributed by atoms with Crippen LogP contribution in [-0.2, 0) is 16.1 Å². The fourth-order valence-corrected chi connectivity index (χ4v) is 2.50. The number of hydrogen-bond acceptors (Lipinski definition) is 5. The molecule has 1 atom stereocenters. The number of fused-ring (bicyclic) bond motifs is 1. The van der Waals surface area contributed by atoms with Gasteiger partial charge in [0.05, 0.1) is 19.3 Å². The standard InChI is InChI=1S/C14H19NO4/c1-16-9-10-2-3-11(12-8-15-4-5-17-12)14-13(10)18-6-7-19-14/h2-3,12,15H,4-9H2,1H3. The predicted molar refractivity (Wildman–Crippen MR) is 69.7 cm³/mol. The second-order valence-electron chi connectivity index (χ2n) is 4.67. The summed E-state index contributed by atoms with van der Waals surface area (Å²) >= 11 is 0. The Balaban J connectivity index is 1.95. The Kier molecular flexibility index (Phi) is 3.87. The number of benzene rings is 1. The fraction of sp³-hybridized carbons (Fsp3) is 0.571. The number of nitrogens with one attached hydrogen (secondary N) is 1. The number of morpholine rings is 1. The lowest BCUT2D eigenvalue weighted by atomic mass is 10.0. The van der Waals surface area contributed by atoms with E-state index in [0.717, 1.165) is 42.3 Å². The maximum absolute atomic E-state index is 5.81. The Hall–Kier alpha value is -1.30. The molecule has 0 saturated carbocycles. The molecule has 0 radical (unpaired) electrons. The summed E-state index contributed by atoms with van der Waals surface area (Å²) in [6.07, 6.45) is 0.0285. The summed E-state index contributed by atoms with van der Waals surface area (Å²) < 4.78 is 22.6. The van der Waals surface area contributed by atoms with Crippen LogP contribution < -0.4 is 14.8 Å². The van der Waals surface area contributed by atoms with Gasteiger partial charge in [0.25, 0.3) is 0 Å². The van der Waals surface area contributed by atoms with Crippen molar-refractivity contribution < 1.29 is 18.9 Å². The minimum atomic E-state index is 0.0285. The van der Waals surface area contributed by atoms with Gasteiger partial charge in [-0.2, -0.15) is 0 Å². The zero-order valence-electron chi connectivity index (χ0n) is 11.1. The van der Waals surface area contributed by atoms with Gasteiger partial charge in [-0.05, 0) is 0 Å². The van der Waals surface area contributed by atoms with Gasteiger partial charge in [0.15, 0.2) is 11.5 Å². The molecule has 1 unspecified atom stereocenters. The molecule has 0 aromatic heterocycles. The summed E-state index contributed by atoms with van der Waals surface area (Å²) in [5.74, 6) is 1.62. The molecule has 2 aliphatic rings. The summed E-state index contributed by atoms with van der Waals surface area (Å²) in [7, 11) is 1.68. The van der Waals surface area contributed by atoms with Gasteiger partial charge < -0.3 is 24.3 Å². The first-order chi connectivity index (χ1) is 9.40. The zero-order valence-corrected chi connectivity index (χ0v) is 11.1. The molecule has 19 heavy (non-hydrogen) atoms. The molecule has 5 nitrogen and oxygen atoms in total. The molecule has 1 aromatic carbocycles. The highest BCUT2D eigenvalue weighted by Crippen LogP contribution is 2.41. The van der Waals surface area contributed by atoms with Crippen molar-refractivity contribution in [1.82, 2.24) is 5.32 Å². The van der Waals surface area contributed by atoms with Crippen molar-refractivity contribution in [3.05, 3.63) is 23.3 Å². The number of ether oxygens (including phenoxy) is 4. The molecule has 1 saturated heterocycles. The van der Waals surface area contributed by atoms with E-state index < -0.39 is 0 Å². The van der Waals surface area contributed by atoms with Crippen LogP contribution in [-0.4, -0.2) is 40.0 Å². The van der Waals surface area contributed by atoms with Gasteiger partial charge in [-0.25, -0.2) is 0 Å². The fourth-order valence-electron chi connectivity index (χ4n) is 2.50. The molecule has 2 heterocycles. The van der Waals surface area contributed by atoms with Crippen LogP contribution in [0.4, 0.5) is 0 Å². The molecule has 3 rings (SSSR count). The Morgan fingerprint density at radius 3 is 2.79 bits per heavy atom. The van der Waals surface area contributed by atoms with Crippen molar-refractivity contribution in [1.29, 1.82) is 0 Å². The molecule has 104 valence electrons. The van der Waals surface area contributed by atoms with Crippen LogP contribution in [0.2, 0.25) is 0 Å². The first-order valence-corrected chi connectivity index (χ1v) is 6.63. The van der Waals surface area contributed by atoms with E-state index in [9.17, 15) is 0 Å². The summed E-state index contributed by atoms with van der Waals surface area (Å²) in [5, 5.41) is 3.33. The van der Waals surface area contributed by atoms with E-state index >= 15 is 0 Å². The second kappa shape index (κ2) is 5.77. The molecular weight excluding hydrogens is 246 g/mol. The third-order valence-electron chi connectivity index (χ3n) is 3.37. The first kappa shape index (κ1) is 12.7. The first-order valence-electron chi connectivity index (χ1n) is 6.63. The minimum Gasteiger partial charge on any atom is -0.486 e. The van der Waals surface area contributed by atoms with Crippen molar-refractivity contribution in [2.24, 2.45) is 0 Å². The molecule has 1 N–H and O–H groups in total. The van der Waals surface area contributed by atoms with Crippen molar-refractivity contribution in [3.63, 3.8) is 0 Å². The molecule has 2 aliphatic heterocycles. The van der Waals surface area contributed by atoms with Gasteiger partial charge in [-0.15, -0.1) is 0 Å². The van der Waals surface area contributed by atoms with Crippen LogP contribution in [0.5, 0.6) is 11.5 Å². The predicted octanol–water partition coefficient (Wildman–Crippen LogP) is 1.27. The highest BCUT2D eigenvalue weighted by Gasteiger charge is 2.26. The van der Waals surface area contributed by atoms with Crippen LogP contribution in [0.3, 0.4) is 0 Å². The smallest absolute Gasteiger partial charge is 0.167 e. The van der Waals surface area contributed by atoms with Gasteiger partial charge in [0.2, 0.25) is 0 Å². The molecular formula is C14H19NO4. The minimum absolute atomic E-state index is 0.0285. The molecule has 5 heteroatoms. The van der Waals surface area contributed by atoms with E-state index in [1.165, 1.54) is 0 Å². The van der Waals surface area contributed by atoms with Crippen molar-refractivity contribution in [2.45, 2.75) is 12.7 Å². The lowest BCUT2D eigenvalue weighted by molar-refractivity contribution is 0.0243. The summed E-state index contributed by atoms with van der Waals surface area (Å²) in [6.45, 7) is 4.11. The highest BCUT2D eigenvalue weighted by atomic mass is 16.6. The third-order valence-corrected chi connectivity index (χ3v) is 3.37. The van der Waals surface area contributed by atoms with Crippen LogP contribution in [0.15, 0.2) is 12.1 Å². The van der Waals surface area contributed by atoms with E-state index in [4.69, 9.17) is 18.9 Å². The molecule has 0 aliphatic carbocycles. The number of rotatable bonds is 3. The van der Waals surface area contributed by atoms with Crippen molar-refractivity contribution in [3.8, 4) is 11.5 Å². The van der Waals surface area contributed by atoms with Crippen molar-refractivity contribution >= 4 is 0 Å². The average molecular weight is 265 g/mol. The van der Waals surface area contributed by atoms with Gasteiger partial charge in [0, 0.05) is 31.3 Å². The average Bonchev–Trinajstić information content (AvgIpc) is 2.49. The molecule has 1 aromatic rings. The molecule has 0 spiro atoms. The maximum atomic E-state index is 5.81. The van der Waals surface area contributed by atoms with E-state index in [0.29, 0.717) is 19.8 Å². The third kappa shape index (κ3) is 2.54. The van der Waals surface area contributed by atoms with Crippen LogP contribution in [0.25, 0.3) is 0 Å². The number of methoxy groups -OCH3 is 1. The zero-order chi connectivity index (χ0) is 13.1.